The van der Waals surface area contributed by atoms with Crippen LogP contribution in [0.1, 0.15) is 5.56 Å². The molecule has 0 spiro atoms. The fraction of sp³-hybridized carbons (Fsp3) is 0.118. The molecule has 2 aromatic carbocycles. The minimum atomic E-state index is 0.140. The third-order valence-electron chi connectivity index (χ3n) is 3.43. The molecule has 5 nitrogen and oxygen atoms in total. The minimum absolute atomic E-state index is 0.140. The Morgan fingerprint density at radius 2 is 1.82 bits per heavy atom. The first-order chi connectivity index (χ1) is 10.6. The molecule has 0 radical (unpaired) electrons. The van der Waals surface area contributed by atoms with Crippen molar-refractivity contribution in [3.05, 3.63) is 48.0 Å². The first-order valence-electron chi connectivity index (χ1n) is 6.81. The number of nitrogens with one attached hydrogen (secondary N) is 1. The summed E-state index contributed by atoms with van der Waals surface area (Å²) in [6.07, 6.45) is 0. The van der Waals surface area contributed by atoms with Crippen LogP contribution in [0.4, 0.5) is 11.5 Å². The van der Waals surface area contributed by atoms with Crippen LogP contribution in [0.15, 0.2) is 42.5 Å². The molecule has 3 rings (SSSR count). The van der Waals surface area contributed by atoms with Crippen LogP contribution in [0.2, 0.25) is 0 Å². The molecule has 112 valence electrons. The van der Waals surface area contributed by atoms with E-state index in [1.165, 1.54) is 6.07 Å². The largest absolute Gasteiger partial charge is 0.508 e. The highest BCUT2D eigenvalue weighted by Crippen LogP contribution is 2.31. The van der Waals surface area contributed by atoms with Gasteiger partial charge in [-0.05, 0) is 48.9 Å². The topological polar surface area (TPSA) is 74.6 Å². The lowest BCUT2D eigenvalue weighted by Gasteiger charge is -2.11. The van der Waals surface area contributed by atoms with Gasteiger partial charge in [-0.3, -0.25) is 0 Å². The van der Waals surface area contributed by atoms with Crippen LogP contribution in [-0.2, 0) is 0 Å². The average Bonchev–Trinajstić information content (AvgIpc) is 2.49. The number of benzene rings is 2. The maximum atomic E-state index is 9.66. The zero-order valence-corrected chi connectivity index (χ0v) is 12.3. The maximum Gasteiger partial charge on any atom is 0.148 e. The second-order valence-electron chi connectivity index (χ2n) is 5.04. The van der Waals surface area contributed by atoms with Gasteiger partial charge in [0.1, 0.15) is 28.6 Å². The van der Waals surface area contributed by atoms with Crippen molar-refractivity contribution in [2.75, 3.05) is 12.4 Å². The van der Waals surface area contributed by atoms with Gasteiger partial charge < -0.3 is 20.3 Å². The average molecular weight is 296 g/mol. The summed E-state index contributed by atoms with van der Waals surface area (Å²) in [6.45, 7) is 1.90. The van der Waals surface area contributed by atoms with Crippen molar-refractivity contribution in [2.24, 2.45) is 0 Å². The number of nitrogens with zero attached hydrogens (tertiary/aromatic N) is 1. The number of phenolic OH excluding ortho intramolecular Hbond substituents is 2. The molecular formula is C17H16N2O3. The lowest BCUT2D eigenvalue weighted by atomic mass is 10.1. The van der Waals surface area contributed by atoms with Gasteiger partial charge in [-0.25, -0.2) is 4.98 Å². The van der Waals surface area contributed by atoms with E-state index in [9.17, 15) is 10.2 Å². The van der Waals surface area contributed by atoms with Gasteiger partial charge >= 0.3 is 0 Å². The van der Waals surface area contributed by atoms with Gasteiger partial charge in [0, 0.05) is 17.1 Å². The highest BCUT2D eigenvalue weighted by Gasteiger charge is 2.08. The zero-order chi connectivity index (χ0) is 15.7. The summed E-state index contributed by atoms with van der Waals surface area (Å²) >= 11 is 0. The molecule has 0 saturated carbocycles. The molecule has 0 aliphatic carbocycles. The number of methoxy groups -OCH3 is 1. The fourth-order valence-electron chi connectivity index (χ4n) is 2.34. The number of anilines is 2. The van der Waals surface area contributed by atoms with Gasteiger partial charge in [0.05, 0.1) is 7.11 Å². The van der Waals surface area contributed by atoms with Crippen molar-refractivity contribution in [1.82, 2.24) is 4.98 Å². The Morgan fingerprint density at radius 1 is 1.00 bits per heavy atom. The lowest BCUT2D eigenvalue weighted by molar-refractivity contribution is 0.412. The molecule has 0 unspecified atom stereocenters. The van der Waals surface area contributed by atoms with E-state index in [2.05, 4.69) is 10.3 Å². The van der Waals surface area contributed by atoms with Gasteiger partial charge in [0.25, 0.3) is 0 Å². The quantitative estimate of drug-likeness (QED) is 0.642. The van der Waals surface area contributed by atoms with E-state index in [1.807, 2.05) is 19.1 Å². The second-order valence-corrected chi connectivity index (χ2v) is 5.04. The van der Waals surface area contributed by atoms with Crippen LogP contribution < -0.4 is 10.1 Å². The van der Waals surface area contributed by atoms with Gasteiger partial charge in [0.2, 0.25) is 0 Å². The number of rotatable bonds is 3. The summed E-state index contributed by atoms with van der Waals surface area (Å²) in [5, 5.41) is 23.1. The van der Waals surface area contributed by atoms with Crippen molar-refractivity contribution in [3.8, 4) is 17.2 Å². The number of hydrogen-bond acceptors (Lipinski definition) is 5. The zero-order valence-electron chi connectivity index (χ0n) is 12.3. The minimum Gasteiger partial charge on any atom is -0.508 e. The van der Waals surface area contributed by atoms with E-state index in [0.717, 1.165) is 16.6 Å². The SMILES string of the molecule is COc1cc(O)cc2ccc(Nc3ccc(O)cc3C)nc12. The Morgan fingerprint density at radius 3 is 2.55 bits per heavy atom. The first kappa shape index (κ1) is 14.0. The summed E-state index contributed by atoms with van der Waals surface area (Å²) in [5.41, 5.74) is 2.45. The number of aromatic hydroxyl groups is 2. The van der Waals surface area contributed by atoms with Crippen LogP contribution in [0.5, 0.6) is 17.2 Å². The van der Waals surface area contributed by atoms with Crippen LogP contribution in [0.3, 0.4) is 0 Å². The summed E-state index contributed by atoms with van der Waals surface area (Å²) in [5.74, 6) is 1.54. The predicted octanol–water partition coefficient (Wildman–Crippen LogP) is 3.71. The molecular weight excluding hydrogens is 280 g/mol. The van der Waals surface area contributed by atoms with E-state index < -0.39 is 0 Å². The molecule has 0 fully saturated rings. The van der Waals surface area contributed by atoms with E-state index >= 15 is 0 Å². The van der Waals surface area contributed by atoms with Crippen LogP contribution in [0.25, 0.3) is 10.9 Å². The molecule has 0 bridgehead atoms. The van der Waals surface area contributed by atoms with E-state index in [-0.39, 0.29) is 11.5 Å². The number of hydrogen-bond donors (Lipinski definition) is 3. The molecule has 5 heteroatoms. The molecule has 0 aliphatic heterocycles. The number of aryl methyl sites for hydroxylation is 1. The van der Waals surface area contributed by atoms with Crippen molar-refractivity contribution in [2.45, 2.75) is 6.92 Å². The van der Waals surface area contributed by atoms with E-state index in [4.69, 9.17) is 4.74 Å². The third kappa shape index (κ3) is 2.61. The molecule has 0 atom stereocenters. The molecule has 1 aromatic heterocycles. The maximum absolute atomic E-state index is 9.66. The number of fused-ring (bicyclic) bond motifs is 1. The summed E-state index contributed by atoms with van der Waals surface area (Å²) in [4.78, 5) is 4.54. The predicted molar refractivity (Wildman–Crippen MR) is 86.1 cm³/mol. The van der Waals surface area contributed by atoms with Crippen LogP contribution in [-0.4, -0.2) is 22.3 Å². The monoisotopic (exact) mass is 296 g/mol. The standard InChI is InChI=1S/C17H16N2O3/c1-10-7-12(20)4-5-14(10)18-16-6-3-11-8-13(21)9-15(22-2)17(11)19-16/h3-9,20-21H,1-2H3,(H,18,19). The summed E-state index contributed by atoms with van der Waals surface area (Å²) in [7, 11) is 1.54. The number of aromatic nitrogens is 1. The third-order valence-corrected chi connectivity index (χ3v) is 3.43. The molecule has 3 N–H and O–H groups in total. The number of ether oxygens (including phenoxy) is 1. The van der Waals surface area contributed by atoms with Crippen LogP contribution >= 0.6 is 0 Å². The first-order valence-corrected chi connectivity index (χ1v) is 6.81. The Balaban J connectivity index is 2.03. The van der Waals surface area contributed by atoms with Gasteiger partial charge in [-0.1, -0.05) is 0 Å². The van der Waals surface area contributed by atoms with Gasteiger partial charge in [-0.2, -0.15) is 0 Å². The molecule has 1 heterocycles. The molecule has 0 aliphatic rings. The normalized spacial score (nSPS) is 10.6. The lowest BCUT2D eigenvalue weighted by Crippen LogP contribution is -1.97. The van der Waals surface area contributed by atoms with E-state index in [0.29, 0.717) is 17.1 Å². The van der Waals surface area contributed by atoms with Gasteiger partial charge in [0.15, 0.2) is 0 Å². The Bertz CT molecular complexity index is 847. The highest BCUT2D eigenvalue weighted by atomic mass is 16.5. The fourth-order valence-corrected chi connectivity index (χ4v) is 2.34. The Labute approximate surface area is 127 Å². The molecule has 22 heavy (non-hydrogen) atoms. The molecule has 0 saturated heterocycles. The summed E-state index contributed by atoms with van der Waals surface area (Å²) < 4.78 is 5.27. The Hall–Kier alpha value is -2.95. The van der Waals surface area contributed by atoms with Crippen LogP contribution in [0, 0.1) is 6.92 Å². The summed E-state index contributed by atoms with van der Waals surface area (Å²) in [6, 6.07) is 12.0. The Kier molecular flexibility index (Phi) is 3.47. The van der Waals surface area contributed by atoms with Gasteiger partial charge in [-0.15, -0.1) is 0 Å². The van der Waals surface area contributed by atoms with E-state index in [1.54, 1.807) is 31.4 Å². The second kappa shape index (κ2) is 5.44. The molecule has 3 aromatic rings. The van der Waals surface area contributed by atoms with Crippen molar-refractivity contribution < 1.29 is 14.9 Å². The van der Waals surface area contributed by atoms with Crippen molar-refractivity contribution in [1.29, 1.82) is 0 Å². The number of pyridine rings is 1. The van der Waals surface area contributed by atoms with Crippen molar-refractivity contribution in [3.63, 3.8) is 0 Å². The molecule has 0 amide bonds. The van der Waals surface area contributed by atoms with Crippen molar-refractivity contribution >= 4 is 22.4 Å². The number of phenols is 2. The smallest absolute Gasteiger partial charge is 0.148 e. The highest BCUT2D eigenvalue weighted by molar-refractivity contribution is 5.87.